The zero-order valence-electron chi connectivity index (χ0n) is 16.7. The molecule has 0 aromatic heterocycles. The van der Waals surface area contributed by atoms with Crippen molar-refractivity contribution in [3.05, 3.63) is 65.7 Å². The number of carbonyl (C=O) groups is 3. The molecule has 0 fully saturated rings. The summed E-state index contributed by atoms with van der Waals surface area (Å²) in [6.07, 6.45) is -0.731. The number of methoxy groups -OCH3 is 1. The molecule has 0 aliphatic rings. The number of hydrogen-bond acceptors (Lipinski definition) is 6. The predicted molar refractivity (Wildman–Crippen MR) is 107 cm³/mol. The summed E-state index contributed by atoms with van der Waals surface area (Å²) < 4.78 is 15.3. The second kappa shape index (κ2) is 10.8. The molecular formula is C22H25NO6. The van der Waals surface area contributed by atoms with E-state index < -0.39 is 24.7 Å². The maximum atomic E-state index is 12.4. The third-order valence-corrected chi connectivity index (χ3v) is 4.16. The van der Waals surface area contributed by atoms with E-state index in [1.165, 1.54) is 7.11 Å². The minimum absolute atomic E-state index is 0.0858. The van der Waals surface area contributed by atoms with Crippen molar-refractivity contribution in [2.45, 2.75) is 26.5 Å². The number of ether oxygens (including phenoxy) is 3. The Morgan fingerprint density at radius 1 is 0.931 bits per heavy atom. The number of esters is 1. The van der Waals surface area contributed by atoms with Gasteiger partial charge in [-0.1, -0.05) is 44.2 Å². The van der Waals surface area contributed by atoms with E-state index in [1.807, 2.05) is 30.3 Å². The molecule has 0 heterocycles. The molecule has 2 rings (SSSR count). The minimum Gasteiger partial charge on any atom is -0.497 e. The fourth-order valence-electron chi connectivity index (χ4n) is 2.48. The number of benzene rings is 2. The Hall–Kier alpha value is -3.35. The Bertz CT molecular complexity index is 817. The van der Waals surface area contributed by atoms with Gasteiger partial charge in [0.15, 0.2) is 12.4 Å². The highest BCUT2D eigenvalue weighted by Crippen LogP contribution is 2.12. The lowest BCUT2D eigenvalue weighted by atomic mass is 10.1. The van der Waals surface area contributed by atoms with Crippen LogP contribution in [0.3, 0.4) is 0 Å². The molecule has 7 heteroatoms. The molecule has 0 aliphatic heterocycles. The maximum absolute atomic E-state index is 12.4. The van der Waals surface area contributed by atoms with Crippen LogP contribution >= 0.6 is 0 Å². The van der Waals surface area contributed by atoms with E-state index in [2.05, 4.69) is 5.32 Å². The van der Waals surface area contributed by atoms with Crippen molar-refractivity contribution >= 4 is 17.8 Å². The predicted octanol–water partition coefficient (Wildman–Crippen LogP) is 3.37. The van der Waals surface area contributed by atoms with Gasteiger partial charge in [0.1, 0.15) is 18.4 Å². The summed E-state index contributed by atoms with van der Waals surface area (Å²) in [7, 11) is 1.53. The number of alkyl carbamates (subject to hydrolysis) is 1. The molecule has 1 atom stereocenters. The highest BCUT2D eigenvalue weighted by atomic mass is 16.6. The fraction of sp³-hybridized carbons (Fsp3) is 0.318. The molecule has 0 spiro atoms. The molecule has 154 valence electrons. The SMILES string of the molecule is COc1ccc(C(=O)COC(=O)[C@@H](NC(=O)OCc2ccccc2)C(C)C)cc1. The quantitative estimate of drug-likeness (QED) is 0.514. The average molecular weight is 399 g/mol. The summed E-state index contributed by atoms with van der Waals surface area (Å²) in [5.41, 5.74) is 1.23. The third kappa shape index (κ3) is 6.95. The van der Waals surface area contributed by atoms with Crippen LogP contribution in [0.5, 0.6) is 5.75 Å². The second-order valence-corrected chi connectivity index (χ2v) is 6.69. The molecule has 0 radical (unpaired) electrons. The van der Waals surface area contributed by atoms with Crippen LogP contribution < -0.4 is 10.1 Å². The number of Topliss-reactive ketones (excluding diaryl/α,β-unsaturated/α-hetero) is 1. The van der Waals surface area contributed by atoms with Crippen LogP contribution in [0.15, 0.2) is 54.6 Å². The van der Waals surface area contributed by atoms with Gasteiger partial charge in [0.2, 0.25) is 0 Å². The number of amides is 1. The number of hydrogen-bond donors (Lipinski definition) is 1. The number of ketones is 1. The van der Waals surface area contributed by atoms with Gasteiger partial charge in [-0.2, -0.15) is 0 Å². The first-order valence-corrected chi connectivity index (χ1v) is 9.21. The highest BCUT2D eigenvalue weighted by molar-refractivity contribution is 5.98. The summed E-state index contributed by atoms with van der Waals surface area (Å²) in [5, 5.41) is 2.50. The normalized spacial score (nSPS) is 11.4. The average Bonchev–Trinajstić information content (AvgIpc) is 2.74. The number of carbonyl (C=O) groups excluding carboxylic acids is 3. The van der Waals surface area contributed by atoms with Crippen molar-refractivity contribution in [2.75, 3.05) is 13.7 Å². The van der Waals surface area contributed by atoms with Gasteiger partial charge in [-0.05, 0) is 35.7 Å². The topological polar surface area (TPSA) is 90.9 Å². The first kappa shape index (κ1) is 21.9. The fourth-order valence-corrected chi connectivity index (χ4v) is 2.48. The Morgan fingerprint density at radius 2 is 1.59 bits per heavy atom. The van der Waals surface area contributed by atoms with Crippen molar-refractivity contribution in [2.24, 2.45) is 5.92 Å². The van der Waals surface area contributed by atoms with Crippen LogP contribution in [0.2, 0.25) is 0 Å². The molecule has 0 bridgehead atoms. The van der Waals surface area contributed by atoms with Gasteiger partial charge in [-0.25, -0.2) is 9.59 Å². The van der Waals surface area contributed by atoms with Crippen LogP contribution in [0, 0.1) is 5.92 Å². The van der Waals surface area contributed by atoms with E-state index in [-0.39, 0.29) is 18.3 Å². The zero-order valence-corrected chi connectivity index (χ0v) is 16.7. The van der Waals surface area contributed by atoms with E-state index in [4.69, 9.17) is 14.2 Å². The summed E-state index contributed by atoms with van der Waals surface area (Å²) in [6, 6.07) is 14.7. The lowest BCUT2D eigenvalue weighted by molar-refractivity contribution is -0.146. The summed E-state index contributed by atoms with van der Waals surface area (Å²) in [6.45, 7) is 3.18. The van der Waals surface area contributed by atoms with Crippen molar-refractivity contribution in [1.82, 2.24) is 5.32 Å². The molecular weight excluding hydrogens is 374 g/mol. The third-order valence-electron chi connectivity index (χ3n) is 4.16. The molecule has 0 saturated carbocycles. The van der Waals surface area contributed by atoms with E-state index in [9.17, 15) is 14.4 Å². The van der Waals surface area contributed by atoms with Crippen molar-refractivity contribution < 1.29 is 28.6 Å². The van der Waals surface area contributed by atoms with Crippen molar-refractivity contribution in [3.63, 3.8) is 0 Å². The van der Waals surface area contributed by atoms with Gasteiger partial charge in [0.25, 0.3) is 0 Å². The van der Waals surface area contributed by atoms with Gasteiger partial charge in [-0.15, -0.1) is 0 Å². The van der Waals surface area contributed by atoms with E-state index in [0.717, 1.165) is 5.56 Å². The molecule has 0 saturated heterocycles. The summed E-state index contributed by atoms with van der Waals surface area (Å²) in [5.74, 6) is -0.673. The molecule has 0 unspecified atom stereocenters. The van der Waals surface area contributed by atoms with Crippen LogP contribution in [-0.2, 0) is 20.9 Å². The van der Waals surface area contributed by atoms with Crippen LogP contribution in [-0.4, -0.2) is 37.6 Å². The van der Waals surface area contributed by atoms with Crippen LogP contribution in [0.4, 0.5) is 4.79 Å². The highest BCUT2D eigenvalue weighted by Gasteiger charge is 2.27. The summed E-state index contributed by atoms with van der Waals surface area (Å²) in [4.78, 5) is 36.6. The van der Waals surface area contributed by atoms with Gasteiger partial charge >= 0.3 is 12.1 Å². The number of nitrogens with one attached hydrogen (secondary N) is 1. The second-order valence-electron chi connectivity index (χ2n) is 6.69. The molecule has 7 nitrogen and oxygen atoms in total. The molecule has 1 amide bonds. The van der Waals surface area contributed by atoms with E-state index in [1.54, 1.807) is 38.1 Å². The molecule has 0 aliphatic carbocycles. The van der Waals surface area contributed by atoms with Crippen LogP contribution in [0.1, 0.15) is 29.8 Å². The van der Waals surface area contributed by atoms with Gasteiger partial charge < -0.3 is 19.5 Å². The Balaban J connectivity index is 1.85. The standard InChI is InChI=1S/C22H25NO6/c1-15(2)20(23-22(26)29-13-16-7-5-4-6-8-16)21(25)28-14-19(24)17-9-11-18(27-3)12-10-17/h4-12,15,20H,13-14H2,1-3H3,(H,23,26)/t20-/m0/s1. The molecule has 1 N–H and O–H groups in total. The monoisotopic (exact) mass is 399 g/mol. The molecule has 29 heavy (non-hydrogen) atoms. The maximum Gasteiger partial charge on any atom is 0.408 e. The lowest BCUT2D eigenvalue weighted by Crippen LogP contribution is -2.45. The molecule has 2 aromatic carbocycles. The van der Waals surface area contributed by atoms with Gasteiger partial charge in [0, 0.05) is 5.56 Å². The van der Waals surface area contributed by atoms with Crippen molar-refractivity contribution in [3.8, 4) is 5.75 Å². The van der Waals surface area contributed by atoms with Gasteiger partial charge in [0.05, 0.1) is 7.11 Å². The van der Waals surface area contributed by atoms with Gasteiger partial charge in [-0.3, -0.25) is 4.79 Å². The van der Waals surface area contributed by atoms with Crippen LogP contribution in [0.25, 0.3) is 0 Å². The molecule has 2 aromatic rings. The first-order chi connectivity index (χ1) is 13.9. The smallest absolute Gasteiger partial charge is 0.408 e. The van der Waals surface area contributed by atoms with E-state index in [0.29, 0.717) is 11.3 Å². The van der Waals surface area contributed by atoms with E-state index >= 15 is 0 Å². The zero-order chi connectivity index (χ0) is 21.2. The number of rotatable bonds is 9. The minimum atomic E-state index is -0.929. The Kier molecular flexibility index (Phi) is 8.21. The summed E-state index contributed by atoms with van der Waals surface area (Å²) >= 11 is 0. The first-order valence-electron chi connectivity index (χ1n) is 9.21. The largest absolute Gasteiger partial charge is 0.497 e. The Labute approximate surface area is 170 Å². The lowest BCUT2D eigenvalue weighted by Gasteiger charge is -2.20. The van der Waals surface area contributed by atoms with Crippen molar-refractivity contribution in [1.29, 1.82) is 0 Å². The Morgan fingerprint density at radius 3 is 2.17 bits per heavy atom.